The third kappa shape index (κ3) is 7.76. The number of aliphatic hydroxyl groups is 1. The summed E-state index contributed by atoms with van der Waals surface area (Å²) in [4.78, 5) is 30.2. The minimum absolute atomic E-state index is 0.0667. The minimum atomic E-state index is -1.22. The fourth-order valence-electron chi connectivity index (χ4n) is 6.26. The van der Waals surface area contributed by atoms with Gasteiger partial charge in [-0.05, 0) is 59.2 Å². The Morgan fingerprint density at radius 2 is 1.38 bits per heavy atom. The van der Waals surface area contributed by atoms with Crippen molar-refractivity contribution in [2.45, 2.75) is 30.1 Å². The van der Waals surface area contributed by atoms with Crippen LogP contribution in [0.15, 0.2) is 126 Å². The van der Waals surface area contributed by atoms with Gasteiger partial charge in [0.2, 0.25) is 0 Å². The molecule has 2 heterocycles. The van der Waals surface area contributed by atoms with E-state index in [2.05, 4.69) is 10.3 Å². The Morgan fingerprint density at radius 3 is 1.94 bits per heavy atom. The van der Waals surface area contributed by atoms with Gasteiger partial charge in [0, 0.05) is 18.9 Å². The fraction of sp³-hybridized carbons (Fsp3) is 0.275. The highest BCUT2D eigenvalue weighted by molar-refractivity contribution is 6.03. The second-order valence-electron chi connectivity index (χ2n) is 12.0. The predicted octanol–water partition coefficient (Wildman–Crippen LogP) is 4.81. The Kier molecular flexibility index (Phi) is 11.7. The number of anilines is 1. The van der Waals surface area contributed by atoms with E-state index in [0.717, 1.165) is 16.7 Å². The molecule has 12 nitrogen and oxygen atoms in total. The molecule has 12 heteroatoms. The summed E-state index contributed by atoms with van der Waals surface area (Å²) < 4.78 is 36.8. The van der Waals surface area contributed by atoms with Crippen LogP contribution >= 0.6 is 0 Å². The highest BCUT2D eigenvalue weighted by Crippen LogP contribution is 2.43. The molecule has 0 unspecified atom stereocenters. The van der Waals surface area contributed by atoms with E-state index in [4.69, 9.17) is 28.4 Å². The number of carbonyl (C=O) groups is 1. The lowest BCUT2D eigenvalue weighted by atomic mass is 9.80. The maximum Gasteiger partial charge on any atom is 0.351 e. The third-order valence-corrected chi connectivity index (χ3v) is 8.93. The zero-order valence-electron chi connectivity index (χ0n) is 29.1. The van der Waals surface area contributed by atoms with Crippen LogP contribution in [0.25, 0.3) is 0 Å². The lowest BCUT2D eigenvalue weighted by Crippen LogP contribution is -2.41. The first-order chi connectivity index (χ1) is 25.4. The van der Waals surface area contributed by atoms with Crippen molar-refractivity contribution in [3.05, 3.63) is 154 Å². The van der Waals surface area contributed by atoms with Crippen LogP contribution in [0.5, 0.6) is 11.5 Å². The van der Waals surface area contributed by atoms with Crippen molar-refractivity contribution in [3.63, 3.8) is 0 Å². The standard InChI is InChI=1S/C40H41N3O9/c1-47-24-25-50-36-35(44)33(52-38(36)43-23-22-34(42-39(43)46)41-37(45)27-10-6-4-7-11-27)26-51-40(28-12-8-5-9-13-28,29-14-18-31(48-2)19-15-29)30-16-20-32(49-3)21-17-30/h4-23,33,35-36,38,44H,24-26H2,1-3H3,(H,41,42,45,46)/t33-,35+,36+,38+/m1/s1. The number of amides is 1. The molecule has 0 radical (unpaired) electrons. The molecule has 1 fully saturated rings. The van der Waals surface area contributed by atoms with Gasteiger partial charge in [-0.1, -0.05) is 72.8 Å². The van der Waals surface area contributed by atoms with E-state index >= 15 is 0 Å². The summed E-state index contributed by atoms with van der Waals surface area (Å²) >= 11 is 0. The summed E-state index contributed by atoms with van der Waals surface area (Å²) in [6, 6.07) is 35.0. The van der Waals surface area contributed by atoms with Crippen molar-refractivity contribution in [1.82, 2.24) is 9.55 Å². The Hall–Kier alpha value is -5.37. The van der Waals surface area contributed by atoms with Gasteiger partial charge >= 0.3 is 5.69 Å². The summed E-state index contributed by atoms with van der Waals surface area (Å²) in [7, 11) is 4.75. The summed E-state index contributed by atoms with van der Waals surface area (Å²) in [6.07, 6.45) is -2.77. The normalized spacial score (nSPS) is 18.5. The molecule has 4 aromatic carbocycles. The van der Waals surface area contributed by atoms with Gasteiger partial charge in [-0.3, -0.25) is 9.36 Å². The highest BCUT2D eigenvalue weighted by Gasteiger charge is 2.48. The van der Waals surface area contributed by atoms with Crippen LogP contribution in [-0.2, 0) is 24.5 Å². The minimum Gasteiger partial charge on any atom is -0.497 e. The molecule has 1 saturated heterocycles. The van der Waals surface area contributed by atoms with Gasteiger partial charge in [0.05, 0.1) is 34.0 Å². The maximum atomic E-state index is 13.4. The van der Waals surface area contributed by atoms with Crippen LogP contribution in [0.3, 0.4) is 0 Å². The third-order valence-electron chi connectivity index (χ3n) is 8.93. The van der Waals surface area contributed by atoms with Crippen molar-refractivity contribution in [2.24, 2.45) is 0 Å². The van der Waals surface area contributed by atoms with Crippen molar-refractivity contribution in [2.75, 3.05) is 46.5 Å². The molecule has 1 aliphatic heterocycles. The van der Waals surface area contributed by atoms with Crippen LogP contribution in [0, 0.1) is 0 Å². The van der Waals surface area contributed by atoms with E-state index in [-0.39, 0.29) is 25.6 Å². The molecule has 4 atom stereocenters. The van der Waals surface area contributed by atoms with E-state index in [1.165, 1.54) is 23.9 Å². The van der Waals surface area contributed by atoms with E-state index in [1.807, 2.05) is 78.9 Å². The van der Waals surface area contributed by atoms with Gasteiger partial charge < -0.3 is 38.8 Å². The van der Waals surface area contributed by atoms with Crippen LogP contribution in [0.4, 0.5) is 5.82 Å². The van der Waals surface area contributed by atoms with Gasteiger partial charge in [0.25, 0.3) is 5.91 Å². The molecule has 0 bridgehead atoms. The van der Waals surface area contributed by atoms with Crippen LogP contribution in [0.1, 0.15) is 33.3 Å². The van der Waals surface area contributed by atoms with Gasteiger partial charge in [-0.2, -0.15) is 4.98 Å². The van der Waals surface area contributed by atoms with Gasteiger partial charge in [0.1, 0.15) is 41.2 Å². The quantitative estimate of drug-likeness (QED) is 0.115. The number of rotatable bonds is 15. The zero-order chi connectivity index (χ0) is 36.5. The number of ether oxygens (including phenoxy) is 6. The topological polar surface area (TPSA) is 140 Å². The zero-order valence-corrected chi connectivity index (χ0v) is 29.1. The summed E-state index contributed by atoms with van der Waals surface area (Å²) in [5, 5.41) is 14.4. The van der Waals surface area contributed by atoms with E-state index in [0.29, 0.717) is 17.1 Å². The largest absolute Gasteiger partial charge is 0.497 e. The molecule has 52 heavy (non-hydrogen) atoms. The molecule has 1 aliphatic rings. The predicted molar refractivity (Wildman–Crippen MR) is 193 cm³/mol. The first-order valence-corrected chi connectivity index (χ1v) is 16.8. The number of methoxy groups -OCH3 is 3. The number of hydrogen-bond acceptors (Lipinski definition) is 10. The van der Waals surface area contributed by atoms with E-state index in [1.54, 1.807) is 44.6 Å². The highest BCUT2D eigenvalue weighted by atomic mass is 16.6. The Bertz CT molecular complexity index is 1910. The molecule has 5 aromatic rings. The van der Waals surface area contributed by atoms with Crippen molar-refractivity contribution < 1.29 is 38.3 Å². The molecule has 270 valence electrons. The lowest BCUT2D eigenvalue weighted by molar-refractivity contribution is -0.0993. The molecule has 6 rings (SSSR count). The average Bonchev–Trinajstić information content (AvgIpc) is 3.50. The number of aliphatic hydroxyl groups excluding tert-OH is 1. The Balaban J connectivity index is 1.33. The molecule has 0 spiro atoms. The SMILES string of the molecule is COCCO[C@H]1[C@@H](O)[C@@H](COC(c2ccccc2)(c2ccc(OC)cc2)c2ccc(OC)cc2)O[C@@H]1n1ccc(NC(=O)c2ccccc2)nc1=O. The second kappa shape index (κ2) is 16.8. The number of nitrogens with one attached hydrogen (secondary N) is 1. The van der Waals surface area contributed by atoms with Crippen molar-refractivity contribution in [1.29, 1.82) is 0 Å². The maximum absolute atomic E-state index is 13.4. The Labute approximate surface area is 301 Å². The molecular weight excluding hydrogens is 666 g/mol. The summed E-state index contributed by atoms with van der Waals surface area (Å²) in [5.74, 6) is 1.01. The number of hydrogen-bond donors (Lipinski definition) is 2. The summed E-state index contributed by atoms with van der Waals surface area (Å²) in [6.45, 7) is 0.271. The lowest BCUT2D eigenvalue weighted by Gasteiger charge is -2.37. The van der Waals surface area contributed by atoms with Gasteiger partial charge in [-0.25, -0.2) is 4.79 Å². The molecule has 0 aliphatic carbocycles. The average molecular weight is 708 g/mol. The molecular formula is C40H41N3O9. The summed E-state index contributed by atoms with van der Waals surface area (Å²) in [5.41, 5.74) is 0.965. The Morgan fingerprint density at radius 1 is 0.808 bits per heavy atom. The van der Waals surface area contributed by atoms with Crippen LogP contribution in [-0.4, -0.2) is 80.0 Å². The van der Waals surface area contributed by atoms with Gasteiger partial charge in [-0.15, -0.1) is 0 Å². The number of benzene rings is 4. The molecule has 1 amide bonds. The van der Waals surface area contributed by atoms with Crippen LogP contribution in [0.2, 0.25) is 0 Å². The smallest absolute Gasteiger partial charge is 0.351 e. The first kappa shape index (κ1) is 36.4. The van der Waals surface area contributed by atoms with Crippen molar-refractivity contribution >= 4 is 11.7 Å². The fourth-order valence-corrected chi connectivity index (χ4v) is 6.26. The molecule has 1 aromatic heterocycles. The number of aromatic nitrogens is 2. The monoisotopic (exact) mass is 707 g/mol. The second-order valence-corrected chi connectivity index (χ2v) is 12.0. The first-order valence-electron chi connectivity index (χ1n) is 16.8. The van der Waals surface area contributed by atoms with Crippen molar-refractivity contribution in [3.8, 4) is 11.5 Å². The molecule has 2 N–H and O–H groups in total. The van der Waals surface area contributed by atoms with Gasteiger partial charge in [0.15, 0.2) is 6.23 Å². The van der Waals surface area contributed by atoms with E-state index in [9.17, 15) is 14.7 Å². The van der Waals surface area contributed by atoms with Crippen LogP contribution < -0.4 is 20.5 Å². The molecule has 0 saturated carbocycles. The van der Waals surface area contributed by atoms with E-state index < -0.39 is 41.7 Å². The number of nitrogens with zero attached hydrogens (tertiary/aromatic N) is 2. The number of carbonyl (C=O) groups excluding carboxylic acids is 1.